The highest BCUT2D eigenvalue weighted by Gasteiger charge is 2.27. The van der Waals surface area contributed by atoms with Crippen LogP contribution < -0.4 is 0 Å². The van der Waals surface area contributed by atoms with E-state index in [-0.39, 0.29) is 12.6 Å². The predicted molar refractivity (Wildman–Crippen MR) is 154 cm³/mol. The van der Waals surface area contributed by atoms with Gasteiger partial charge in [0.2, 0.25) is 0 Å². The number of aryl methyl sites for hydroxylation is 2. The third-order valence-electron chi connectivity index (χ3n) is 7.79. The van der Waals surface area contributed by atoms with Crippen molar-refractivity contribution in [3.63, 3.8) is 0 Å². The fourth-order valence-electron chi connectivity index (χ4n) is 5.87. The Morgan fingerprint density at radius 2 is 2.10 bits per heavy atom. The van der Waals surface area contributed by atoms with Crippen molar-refractivity contribution in [3.05, 3.63) is 94.8 Å². The highest BCUT2D eigenvalue weighted by molar-refractivity contribution is 6.02. The SMILES string of the molecule is C=N/C(=C\N1C=CC(C2=C(c3ccc4nc(C)oc4c3)CCCc3cc(O)ccc32)=CC1)CN1CC(CF)C1. The molecule has 1 aromatic heterocycles. The first-order valence-electron chi connectivity index (χ1n) is 13.5. The molecule has 1 N–H and O–H groups in total. The van der Waals surface area contributed by atoms with Gasteiger partial charge in [-0.3, -0.25) is 14.3 Å². The zero-order valence-electron chi connectivity index (χ0n) is 22.2. The van der Waals surface area contributed by atoms with Gasteiger partial charge in [0.05, 0.1) is 12.4 Å². The van der Waals surface area contributed by atoms with Gasteiger partial charge in [-0.05, 0) is 89.7 Å². The lowest BCUT2D eigenvalue weighted by Gasteiger charge is -2.37. The molecule has 2 aliphatic heterocycles. The lowest BCUT2D eigenvalue weighted by Crippen LogP contribution is -2.48. The highest BCUT2D eigenvalue weighted by Crippen LogP contribution is 2.42. The summed E-state index contributed by atoms with van der Waals surface area (Å²) < 4.78 is 18.7. The standard InChI is InChI=1S/C32H33FN4O2/c1-21-35-30-9-6-25(15-31(30)39-21)28-5-3-4-24-14-27(38)7-8-29(24)32(28)23-10-12-36(13-11-23)19-26(34-2)20-37-17-22(16-33)18-37/h6-12,14-15,19,22,38H,2-5,13,16-18,20H2,1H3/b26-19-. The number of hydrogen-bond acceptors (Lipinski definition) is 6. The molecule has 3 heterocycles. The zero-order chi connectivity index (χ0) is 26.9. The summed E-state index contributed by atoms with van der Waals surface area (Å²) in [5.41, 5.74) is 9.59. The van der Waals surface area contributed by atoms with E-state index in [1.807, 2.05) is 31.3 Å². The van der Waals surface area contributed by atoms with Crippen LogP contribution in [0, 0.1) is 12.8 Å². The normalized spacial score (nSPS) is 18.7. The average Bonchev–Trinajstić information content (AvgIpc) is 3.19. The van der Waals surface area contributed by atoms with E-state index in [0.717, 1.165) is 71.4 Å². The van der Waals surface area contributed by atoms with Gasteiger partial charge in [0.25, 0.3) is 0 Å². The number of aromatic hydroxyl groups is 1. The molecule has 0 bridgehead atoms. The molecule has 0 amide bonds. The Hall–Kier alpha value is -3.97. The van der Waals surface area contributed by atoms with Gasteiger partial charge < -0.3 is 14.4 Å². The Morgan fingerprint density at radius 1 is 1.23 bits per heavy atom. The second-order valence-electron chi connectivity index (χ2n) is 10.6. The highest BCUT2D eigenvalue weighted by atomic mass is 19.1. The van der Waals surface area contributed by atoms with Crippen LogP contribution in [-0.4, -0.2) is 59.5 Å². The number of alkyl halides is 1. The largest absolute Gasteiger partial charge is 0.508 e. The summed E-state index contributed by atoms with van der Waals surface area (Å²) in [4.78, 5) is 13.0. The van der Waals surface area contributed by atoms with Crippen LogP contribution in [0.4, 0.5) is 4.39 Å². The van der Waals surface area contributed by atoms with E-state index in [4.69, 9.17) is 4.42 Å². The van der Waals surface area contributed by atoms with Crippen molar-refractivity contribution in [1.29, 1.82) is 0 Å². The average molecular weight is 525 g/mol. The molecule has 0 saturated carbocycles. The van der Waals surface area contributed by atoms with Gasteiger partial charge in [-0.15, -0.1) is 0 Å². The van der Waals surface area contributed by atoms with E-state index >= 15 is 0 Å². The summed E-state index contributed by atoms with van der Waals surface area (Å²) in [6.45, 7) is 8.28. The molecule has 1 saturated heterocycles. The van der Waals surface area contributed by atoms with Crippen LogP contribution in [0.3, 0.4) is 0 Å². The molecule has 39 heavy (non-hydrogen) atoms. The maximum atomic E-state index is 12.8. The number of rotatable bonds is 7. The van der Waals surface area contributed by atoms with E-state index in [1.54, 1.807) is 6.07 Å². The van der Waals surface area contributed by atoms with Crippen LogP contribution in [0.2, 0.25) is 0 Å². The third-order valence-corrected chi connectivity index (χ3v) is 7.79. The summed E-state index contributed by atoms with van der Waals surface area (Å²) in [6.07, 6.45) is 11.3. The van der Waals surface area contributed by atoms with Gasteiger partial charge in [-0.1, -0.05) is 18.2 Å². The fraction of sp³-hybridized carbons (Fsp3) is 0.312. The summed E-state index contributed by atoms with van der Waals surface area (Å²) >= 11 is 0. The molecule has 0 spiro atoms. The van der Waals surface area contributed by atoms with Crippen molar-refractivity contribution >= 4 is 29.0 Å². The minimum atomic E-state index is -0.258. The monoisotopic (exact) mass is 524 g/mol. The second kappa shape index (κ2) is 10.7. The van der Waals surface area contributed by atoms with Crippen LogP contribution >= 0.6 is 0 Å². The first-order valence-corrected chi connectivity index (χ1v) is 13.5. The minimum Gasteiger partial charge on any atom is -0.508 e. The van der Waals surface area contributed by atoms with Gasteiger partial charge in [0.15, 0.2) is 11.5 Å². The van der Waals surface area contributed by atoms with E-state index in [9.17, 15) is 9.50 Å². The van der Waals surface area contributed by atoms with Gasteiger partial charge >= 0.3 is 0 Å². The number of hydrogen-bond donors (Lipinski definition) is 1. The molecule has 1 aliphatic carbocycles. The number of benzene rings is 2. The summed E-state index contributed by atoms with van der Waals surface area (Å²) in [5, 5.41) is 10.2. The maximum absolute atomic E-state index is 12.8. The quantitative estimate of drug-likeness (QED) is 0.368. The Bertz CT molecular complexity index is 1540. The molecule has 2 aromatic carbocycles. The summed E-state index contributed by atoms with van der Waals surface area (Å²) in [6, 6.07) is 12.0. The lowest BCUT2D eigenvalue weighted by molar-refractivity contribution is 0.0905. The molecular weight excluding hydrogens is 491 g/mol. The Labute approximate surface area is 228 Å². The van der Waals surface area contributed by atoms with Crippen molar-refractivity contribution in [1.82, 2.24) is 14.8 Å². The molecular formula is C32H33FN4O2. The first kappa shape index (κ1) is 25.3. The van der Waals surface area contributed by atoms with Gasteiger partial charge in [0.1, 0.15) is 11.3 Å². The fourth-order valence-corrected chi connectivity index (χ4v) is 5.87. The van der Waals surface area contributed by atoms with Crippen LogP contribution in [-0.2, 0) is 6.42 Å². The minimum absolute atomic E-state index is 0.150. The number of phenols is 1. The Balaban J connectivity index is 1.34. The van der Waals surface area contributed by atoms with Crippen molar-refractivity contribution in [2.75, 3.05) is 32.9 Å². The number of oxazole rings is 1. The van der Waals surface area contributed by atoms with E-state index < -0.39 is 0 Å². The smallest absolute Gasteiger partial charge is 0.192 e. The molecule has 6 nitrogen and oxygen atoms in total. The number of halogens is 1. The number of nitrogens with zero attached hydrogens (tertiary/aromatic N) is 4. The summed E-state index contributed by atoms with van der Waals surface area (Å²) in [7, 11) is 0. The van der Waals surface area contributed by atoms with Crippen LogP contribution in [0.15, 0.2) is 81.6 Å². The number of allylic oxidation sites excluding steroid dienone is 4. The zero-order valence-corrected chi connectivity index (χ0v) is 22.2. The Morgan fingerprint density at radius 3 is 2.87 bits per heavy atom. The second-order valence-corrected chi connectivity index (χ2v) is 10.6. The molecule has 200 valence electrons. The molecule has 0 atom stereocenters. The number of aliphatic imine (C=N–C) groups is 1. The lowest BCUT2D eigenvalue weighted by atomic mass is 9.86. The number of aromatic nitrogens is 1. The predicted octanol–water partition coefficient (Wildman–Crippen LogP) is 6.29. The molecule has 0 unspecified atom stereocenters. The topological polar surface area (TPSA) is 65.1 Å². The number of likely N-dealkylation sites (tertiary alicyclic amines) is 1. The number of phenolic OH excluding ortho intramolecular Hbond substituents is 1. The first-order chi connectivity index (χ1) is 19.0. The van der Waals surface area contributed by atoms with E-state index in [1.165, 1.54) is 11.1 Å². The molecule has 3 aromatic rings. The van der Waals surface area contributed by atoms with Crippen molar-refractivity contribution in [3.8, 4) is 5.75 Å². The van der Waals surface area contributed by atoms with E-state index in [2.05, 4.69) is 57.0 Å². The van der Waals surface area contributed by atoms with Crippen LogP contribution in [0.1, 0.15) is 35.4 Å². The van der Waals surface area contributed by atoms with Crippen molar-refractivity contribution < 1.29 is 13.9 Å². The van der Waals surface area contributed by atoms with Gasteiger partial charge in [-0.2, -0.15) is 0 Å². The third kappa shape index (κ3) is 5.19. The summed E-state index contributed by atoms with van der Waals surface area (Å²) in [5.74, 6) is 1.11. The van der Waals surface area contributed by atoms with Crippen LogP contribution in [0.5, 0.6) is 5.75 Å². The van der Waals surface area contributed by atoms with Crippen molar-refractivity contribution in [2.24, 2.45) is 10.9 Å². The van der Waals surface area contributed by atoms with Crippen molar-refractivity contribution in [2.45, 2.75) is 26.2 Å². The molecule has 0 radical (unpaired) electrons. The molecule has 6 rings (SSSR count). The maximum Gasteiger partial charge on any atom is 0.192 e. The number of fused-ring (bicyclic) bond motifs is 2. The van der Waals surface area contributed by atoms with Gasteiger partial charge in [0, 0.05) is 51.4 Å². The van der Waals surface area contributed by atoms with Gasteiger partial charge in [-0.25, -0.2) is 4.98 Å². The Kier molecular flexibility index (Phi) is 6.92. The van der Waals surface area contributed by atoms with E-state index in [0.29, 0.717) is 24.7 Å². The van der Waals surface area contributed by atoms with Crippen LogP contribution in [0.25, 0.3) is 22.2 Å². The molecule has 7 heteroatoms. The molecule has 1 fully saturated rings. The molecule has 3 aliphatic rings.